The molecule has 0 aliphatic heterocycles. The van der Waals surface area contributed by atoms with Crippen molar-refractivity contribution in [2.45, 2.75) is 45.2 Å². The third kappa shape index (κ3) is 3.53. The van der Waals surface area contributed by atoms with E-state index in [0.29, 0.717) is 6.04 Å². The van der Waals surface area contributed by atoms with Gasteiger partial charge in [0.2, 0.25) is 0 Å². The maximum Gasteiger partial charge on any atom is 0.123 e. The lowest BCUT2D eigenvalue weighted by atomic mass is 9.96. The molecule has 112 valence electrons. The van der Waals surface area contributed by atoms with Crippen LogP contribution >= 0.6 is 11.3 Å². The Hall–Kier alpha value is -1.19. The fourth-order valence-corrected chi connectivity index (χ4v) is 4.20. The monoisotopic (exact) mass is 303 g/mol. The molecule has 1 atom stereocenters. The molecule has 1 saturated carbocycles. The van der Waals surface area contributed by atoms with Gasteiger partial charge in [-0.25, -0.2) is 4.39 Å². The highest BCUT2D eigenvalue weighted by Crippen LogP contribution is 2.37. The van der Waals surface area contributed by atoms with Crippen molar-refractivity contribution < 1.29 is 4.39 Å². The molecule has 2 aromatic rings. The van der Waals surface area contributed by atoms with E-state index in [1.807, 2.05) is 24.3 Å². The van der Waals surface area contributed by atoms with Gasteiger partial charge >= 0.3 is 0 Å². The number of nitrogens with one attached hydrogen (secondary N) is 1. The average Bonchev–Trinajstić information content (AvgIpc) is 3.16. The molecule has 1 N–H and O–H groups in total. The van der Waals surface area contributed by atoms with Crippen LogP contribution in [0.5, 0.6) is 0 Å². The van der Waals surface area contributed by atoms with Gasteiger partial charge in [-0.1, -0.05) is 25.0 Å². The second-order valence-electron chi connectivity index (χ2n) is 5.99. The van der Waals surface area contributed by atoms with E-state index in [1.54, 1.807) is 6.07 Å². The molecule has 1 nitrogen and oxygen atoms in total. The van der Waals surface area contributed by atoms with Gasteiger partial charge in [-0.2, -0.15) is 0 Å². The third-order valence-electron chi connectivity index (χ3n) is 4.54. The topological polar surface area (TPSA) is 12.0 Å². The van der Waals surface area contributed by atoms with E-state index in [0.717, 1.165) is 23.6 Å². The number of rotatable bonds is 5. The van der Waals surface area contributed by atoms with Crippen molar-refractivity contribution in [1.29, 1.82) is 0 Å². The van der Waals surface area contributed by atoms with Crippen LogP contribution in [0.3, 0.4) is 0 Å². The smallest absolute Gasteiger partial charge is 0.123 e. The Kier molecular flexibility index (Phi) is 4.71. The van der Waals surface area contributed by atoms with E-state index in [4.69, 9.17) is 0 Å². The van der Waals surface area contributed by atoms with Crippen LogP contribution in [0, 0.1) is 18.7 Å². The van der Waals surface area contributed by atoms with Crippen LogP contribution in [-0.2, 0) is 6.54 Å². The van der Waals surface area contributed by atoms with Crippen molar-refractivity contribution >= 4 is 11.3 Å². The number of hydrogen-bond acceptors (Lipinski definition) is 2. The SMILES string of the molecule is Cc1ccc(F)cc1CNC(c1cccs1)C1CCCC1. The second kappa shape index (κ2) is 6.71. The maximum absolute atomic E-state index is 13.4. The van der Waals surface area contributed by atoms with E-state index in [2.05, 4.69) is 22.8 Å². The summed E-state index contributed by atoms with van der Waals surface area (Å²) in [6.07, 6.45) is 5.29. The van der Waals surface area contributed by atoms with Gasteiger partial charge in [0, 0.05) is 17.5 Å². The van der Waals surface area contributed by atoms with E-state index >= 15 is 0 Å². The van der Waals surface area contributed by atoms with Crippen molar-refractivity contribution in [3.05, 3.63) is 57.5 Å². The average molecular weight is 303 g/mol. The quantitative estimate of drug-likeness (QED) is 0.799. The lowest BCUT2D eigenvalue weighted by molar-refractivity contribution is 0.370. The lowest BCUT2D eigenvalue weighted by Gasteiger charge is -2.24. The number of benzene rings is 1. The normalized spacial score (nSPS) is 17.2. The fraction of sp³-hybridized carbons (Fsp3) is 0.444. The summed E-state index contributed by atoms with van der Waals surface area (Å²) in [4.78, 5) is 1.41. The molecule has 1 fully saturated rings. The van der Waals surface area contributed by atoms with E-state index < -0.39 is 0 Å². The Balaban J connectivity index is 1.74. The summed E-state index contributed by atoms with van der Waals surface area (Å²) in [7, 11) is 0. The highest BCUT2D eigenvalue weighted by atomic mass is 32.1. The second-order valence-corrected chi connectivity index (χ2v) is 6.97. The maximum atomic E-state index is 13.4. The first-order chi connectivity index (χ1) is 10.2. The van der Waals surface area contributed by atoms with Gasteiger partial charge in [0.1, 0.15) is 5.82 Å². The van der Waals surface area contributed by atoms with Crippen LogP contribution in [0.15, 0.2) is 35.7 Å². The Morgan fingerprint density at radius 1 is 1.29 bits per heavy atom. The van der Waals surface area contributed by atoms with Crippen molar-refractivity contribution in [3.8, 4) is 0 Å². The molecule has 1 heterocycles. The minimum Gasteiger partial charge on any atom is -0.305 e. The molecule has 0 spiro atoms. The van der Waals surface area contributed by atoms with Crippen molar-refractivity contribution in [2.24, 2.45) is 5.92 Å². The van der Waals surface area contributed by atoms with Gasteiger partial charge < -0.3 is 5.32 Å². The molecular formula is C18H22FNS. The predicted molar refractivity (Wildman–Crippen MR) is 87.0 cm³/mol. The van der Waals surface area contributed by atoms with E-state index in [-0.39, 0.29) is 5.82 Å². The first kappa shape index (κ1) is 14.7. The van der Waals surface area contributed by atoms with Gasteiger partial charge in [-0.15, -0.1) is 11.3 Å². The molecule has 1 aliphatic carbocycles. The van der Waals surface area contributed by atoms with Crippen LogP contribution in [0.25, 0.3) is 0 Å². The minimum atomic E-state index is -0.147. The highest BCUT2D eigenvalue weighted by molar-refractivity contribution is 7.10. The molecule has 0 amide bonds. The van der Waals surface area contributed by atoms with Crippen molar-refractivity contribution in [1.82, 2.24) is 5.32 Å². The van der Waals surface area contributed by atoms with Crippen molar-refractivity contribution in [2.75, 3.05) is 0 Å². The van der Waals surface area contributed by atoms with Crippen LogP contribution in [0.1, 0.15) is 47.7 Å². The minimum absolute atomic E-state index is 0.147. The number of aryl methyl sites for hydroxylation is 1. The summed E-state index contributed by atoms with van der Waals surface area (Å²) in [6.45, 7) is 2.79. The number of halogens is 1. The summed E-state index contributed by atoms with van der Waals surface area (Å²) < 4.78 is 13.4. The molecule has 3 heteroatoms. The zero-order valence-electron chi connectivity index (χ0n) is 12.4. The molecule has 1 aliphatic rings. The Morgan fingerprint density at radius 2 is 2.10 bits per heavy atom. The molecule has 1 aromatic carbocycles. The first-order valence-corrected chi connectivity index (χ1v) is 8.64. The summed E-state index contributed by atoms with van der Waals surface area (Å²) in [5.41, 5.74) is 2.22. The molecule has 0 bridgehead atoms. The molecule has 0 saturated heterocycles. The molecule has 1 unspecified atom stereocenters. The van der Waals surface area contributed by atoms with Crippen LogP contribution in [0.4, 0.5) is 4.39 Å². The lowest BCUT2D eigenvalue weighted by Crippen LogP contribution is -2.26. The third-order valence-corrected chi connectivity index (χ3v) is 5.50. The Morgan fingerprint density at radius 3 is 2.81 bits per heavy atom. The number of thiophene rings is 1. The summed E-state index contributed by atoms with van der Waals surface area (Å²) in [5, 5.41) is 5.84. The van der Waals surface area contributed by atoms with Gasteiger partial charge in [-0.05, 0) is 60.4 Å². The zero-order valence-corrected chi connectivity index (χ0v) is 13.3. The van der Waals surface area contributed by atoms with Gasteiger partial charge in [-0.3, -0.25) is 0 Å². The molecule has 3 rings (SSSR count). The first-order valence-electron chi connectivity index (χ1n) is 7.76. The van der Waals surface area contributed by atoms with E-state index in [1.165, 1.54) is 36.6 Å². The number of hydrogen-bond donors (Lipinski definition) is 1. The summed E-state index contributed by atoms with van der Waals surface area (Å²) >= 11 is 1.82. The van der Waals surface area contributed by atoms with Crippen LogP contribution < -0.4 is 5.32 Å². The van der Waals surface area contributed by atoms with Gasteiger partial charge in [0.15, 0.2) is 0 Å². The standard InChI is InChI=1S/C18H22FNS/c1-13-8-9-16(19)11-15(13)12-20-18(14-5-2-3-6-14)17-7-4-10-21-17/h4,7-11,14,18,20H,2-3,5-6,12H2,1H3. The summed E-state index contributed by atoms with van der Waals surface area (Å²) in [6, 6.07) is 9.81. The fourth-order valence-electron chi connectivity index (χ4n) is 3.31. The zero-order chi connectivity index (χ0) is 14.7. The van der Waals surface area contributed by atoms with Gasteiger partial charge in [0.25, 0.3) is 0 Å². The van der Waals surface area contributed by atoms with Crippen LogP contribution in [0.2, 0.25) is 0 Å². The van der Waals surface area contributed by atoms with Gasteiger partial charge in [0.05, 0.1) is 0 Å². The predicted octanol–water partition coefficient (Wildman–Crippen LogP) is 5.22. The Labute approximate surface area is 130 Å². The molecule has 1 aromatic heterocycles. The molecule has 0 radical (unpaired) electrons. The van der Waals surface area contributed by atoms with E-state index in [9.17, 15) is 4.39 Å². The summed E-state index contributed by atoms with van der Waals surface area (Å²) in [5.74, 6) is 0.573. The molecule has 21 heavy (non-hydrogen) atoms. The largest absolute Gasteiger partial charge is 0.305 e. The highest BCUT2D eigenvalue weighted by Gasteiger charge is 2.26. The van der Waals surface area contributed by atoms with Crippen molar-refractivity contribution in [3.63, 3.8) is 0 Å². The van der Waals surface area contributed by atoms with Crippen LogP contribution in [-0.4, -0.2) is 0 Å². The Bertz CT molecular complexity index is 573. The molecular weight excluding hydrogens is 281 g/mol.